The molecule has 1 aliphatic rings. The van der Waals surface area contributed by atoms with E-state index >= 15 is 0 Å². The predicted molar refractivity (Wildman–Crippen MR) is 87.9 cm³/mol. The Kier molecular flexibility index (Phi) is 4.97. The molecule has 116 valence electrons. The highest BCUT2D eigenvalue weighted by atomic mass is 35.5. The number of nitrogens with zero attached hydrogens (tertiary/aromatic N) is 3. The fourth-order valence-corrected chi connectivity index (χ4v) is 2.70. The second kappa shape index (κ2) is 7.13. The van der Waals surface area contributed by atoms with Crippen molar-refractivity contribution < 1.29 is 4.74 Å². The van der Waals surface area contributed by atoms with E-state index in [9.17, 15) is 0 Å². The summed E-state index contributed by atoms with van der Waals surface area (Å²) in [5, 5.41) is 4.38. The van der Waals surface area contributed by atoms with Crippen molar-refractivity contribution in [1.29, 1.82) is 0 Å². The highest BCUT2D eigenvalue weighted by molar-refractivity contribution is 6.31. The lowest BCUT2D eigenvalue weighted by Gasteiger charge is -2.28. The van der Waals surface area contributed by atoms with Crippen LogP contribution < -0.4 is 15.0 Å². The molecule has 1 aromatic carbocycles. The Morgan fingerprint density at radius 3 is 2.82 bits per heavy atom. The Morgan fingerprint density at radius 2 is 2.05 bits per heavy atom. The van der Waals surface area contributed by atoms with Crippen LogP contribution in [0, 0.1) is 0 Å². The van der Waals surface area contributed by atoms with Crippen molar-refractivity contribution in [1.82, 2.24) is 15.3 Å². The third-order valence-corrected chi connectivity index (χ3v) is 3.88. The van der Waals surface area contributed by atoms with Gasteiger partial charge < -0.3 is 15.0 Å². The molecule has 2 aromatic rings. The van der Waals surface area contributed by atoms with Gasteiger partial charge in [0, 0.05) is 31.2 Å². The number of piperazine rings is 1. The molecule has 1 aliphatic heterocycles. The van der Waals surface area contributed by atoms with Gasteiger partial charge in [0.15, 0.2) is 11.0 Å². The number of benzene rings is 1. The average molecular weight is 339 g/mol. The van der Waals surface area contributed by atoms with Crippen molar-refractivity contribution in [2.75, 3.05) is 31.1 Å². The molecule has 0 unspecified atom stereocenters. The Labute approximate surface area is 139 Å². The highest BCUT2D eigenvalue weighted by Crippen LogP contribution is 2.24. The molecule has 22 heavy (non-hydrogen) atoms. The Morgan fingerprint density at radius 1 is 1.23 bits per heavy atom. The number of hydrogen-bond donors (Lipinski definition) is 1. The van der Waals surface area contributed by atoms with E-state index in [4.69, 9.17) is 27.9 Å². The first kappa shape index (κ1) is 15.3. The molecule has 1 N–H and O–H groups in total. The third-order valence-electron chi connectivity index (χ3n) is 3.38. The summed E-state index contributed by atoms with van der Waals surface area (Å²) in [5.41, 5.74) is 0.980. The van der Waals surface area contributed by atoms with Gasteiger partial charge in [0.2, 0.25) is 5.88 Å². The Bertz CT molecular complexity index is 647. The number of ether oxygens (including phenoxy) is 1. The summed E-state index contributed by atoms with van der Waals surface area (Å²) in [6.45, 7) is 3.91. The van der Waals surface area contributed by atoms with Crippen LogP contribution >= 0.6 is 23.2 Å². The van der Waals surface area contributed by atoms with E-state index in [0.29, 0.717) is 28.5 Å². The van der Waals surface area contributed by atoms with Crippen LogP contribution in [0.5, 0.6) is 5.88 Å². The molecule has 1 saturated heterocycles. The van der Waals surface area contributed by atoms with Gasteiger partial charge in [-0.2, -0.15) is 4.98 Å². The number of anilines is 1. The molecule has 7 heteroatoms. The van der Waals surface area contributed by atoms with E-state index in [-0.39, 0.29) is 0 Å². The van der Waals surface area contributed by atoms with Crippen molar-refractivity contribution >= 4 is 29.0 Å². The van der Waals surface area contributed by atoms with Crippen molar-refractivity contribution in [3.63, 3.8) is 0 Å². The lowest BCUT2D eigenvalue weighted by molar-refractivity contribution is 0.292. The van der Waals surface area contributed by atoms with Gasteiger partial charge in [-0.3, -0.25) is 0 Å². The maximum Gasteiger partial charge on any atom is 0.234 e. The molecule has 0 radical (unpaired) electrons. The van der Waals surface area contributed by atoms with E-state index in [0.717, 1.165) is 31.7 Å². The second-order valence-electron chi connectivity index (χ2n) is 4.98. The summed E-state index contributed by atoms with van der Waals surface area (Å²) in [4.78, 5) is 10.8. The SMILES string of the molecule is Clc1cccc(COc2cnc(Cl)c(N3CCNCC3)n2)c1. The van der Waals surface area contributed by atoms with E-state index < -0.39 is 0 Å². The summed E-state index contributed by atoms with van der Waals surface area (Å²) >= 11 is 12.1. The van der Waals surface area contributed by atoms with Crippen molar-refractivity contribution in [3.8, 4) is 5.88 Å². The quantitative estimate of drug-likeness (QED) is 0.928. The number of nitrogens with one attached hydrogen (secondary N) is 1. The van der Waals surface area contributed by atoms with Gasteiger partial charge >= 0.3 is 0 Å². The first-order valence-electron chi connectivity index (χ1n) is 7.08. The highest BCUT2D eigenvalue weighted by Gasteiger charge is 2.17. The van der Waals surface area contributed by atoms with Gasteiger partial charge in [0.1, 0.15) is 6.61 Å². The summed E-state index contributed by atoms with van der Waals surface area (Å²) in [5.74, 6) is 1.13. The van der Waals surface area contributed by atoms with Gasteiger partial charge in [0.25, 0.3) is 0 Å². The second-order valence-corrected chi connectivity index (χ2v) is 5.77. The monoisotopic (exact) mass is 338 g/mol. The predicted octanol–water partition coefficient (Wildman–Crippen LogP) is 2.77. The van der Waals surface area contributed by atoms with Crippen molar-refractivity contribution in [2.24, 2.45) is 0 Å². The van der Waals surface area contributed by atoms with Crippen LogP contribution in [0.15, 0.2) is 30.5 Å². The molecular formula is C15H16Cl2N4O. The van der Waals surface area contributed by atoms with Crippen LogP contribution in [-0.2, 0) is 6.61 Å². The standard InChI is InChI=1S/C15H16Cl2N4O/c16-12-3-1-2-11(8-12)10-22-13-9-19-14(17)15(20-13)21-6-4-18-5-7-21/h1-3,8-9,18H,4-7,10H2. The normalized spacial score (nSPS) is 14.9. The average Bonchev–Trinajstić information content (AvgIpc) is 2.55. The topological polar surface area (TPSA) is 50.3 Å². The zero-order chi connectivity index (χ0) is 15.4. The molecule has 2 heterocycles. The molecule has 1 fully saturated rings. The van der Waals surface area contributed by atoms with Gasteiger partial charge in [-0.05, 0) is 17.7 Å². The zero-order valence-electron chi connectivity index (χ0n) is 11.9. The summed E-state index contributed by atoms with van der Waals surface area (Å²) < 4.78 is 5.70. The molecule has 5 nitrogen and oxygen atoms in total. The minimum Gasteiger partial charge on any atom is -0.472 e. The van der Waals surface area contributed by atoms with E-state index in [1.165, 1.54) is 0 Å². The first-order chi connectivity index (χ1) is 10.7. The van der Waals surface area contributed by atoms with E-state index in [2.05, 4.69) is 20.2 Å². The molecule has 0 saturated carbocycles. The van der Waals surface area contributed by atoms with Gasteiger partial charge in [-0.25, -0.2) is 4.98 Å². The first-order valence-corrected chi connectivity index (χ1v) is 7.83. The molecule has 0 aliphatic carbocycles. The molecule has 3 rings (SSSR count). The largest absolute Gasteiger partial charge is 0.472 e. The maximum absolute atomic E-state index is 6.16. The van der Waals surface area contributed by atoms with Crippen molar-refractivity contribution in [3.05, 3.63) is 46.2 Å². The lowest BCUT2D eigenvalue weighted by atomic mass is 10.2. The number of hydrogen-bond acceptors (Lipinski definition) is 5. The number of halogens is 2. The molecule has 1 aromatic heterocycles. The van der Waals surface area contributed by atoms with Crippen LogP contribution in [0.2, 0.25) is 10.2 Å². The fourth-order valence-electron chi connectivity index (χ4n) is 2.28. The third kappa shape index (κ3) is 3.80. The Hall–Kier alpha value is -1.56. The van der Waals surface area contributed by atoms with Gasteiger partial charge in [-0.15, -0.1) is 0 Å². The maximum atomic E-state index is 6.16. The summed E-state index contributed by atoms with van der Waals surface area (Å²) in [6.07, 6.45) is 1.54. The van der Waals surface area contributed by atoms with E-state index in [1.54, 1.807) is 6.20 Å². The molecule has 0 atom stereocenters. The fraction of sp³-hybridized carbons (Fsp3) is 0.333. The Balaban J connectivity index is 1.71. The van der Waals surface area contributed by atoms with Crippen molar-refractivity contribution in [2.45, 2.75) is 6.61 Å². The minimum atomic E-state index is 0.387. The number of rotatable bonds is 4. The van der Waals surface area contributed by atoms with Crippen LogP contribution in [-0.4, -0.2) is 36.1 Å². The van der Waals surface area contributed by atoms with Crippen LogP contribution in [0.3, 0.4) is 0 Å². The van der Waals surface area contributed by atoms with Crippen LogP contribution in [0.25, 0.3) is 0 Å². The lowest BCUT2D eigenvalue weighted by Crippen LogP contribution is -2.44. The van der Waals surface area contributed by atoms with Gasteiger partial charge in [0.05, 0.1) is 6.20 Å². The summed E-state index contributed by atoms with van der Waals surface area (Å²) in [7, 11) is 0. The number of aromatic nitrogens is 2. The molecule has 0 bridgehead atoms. The van der Waals surface area contributed by atoms with E-state index in [1.807, 2.05) is 24.3 Å². The molecule has 0 amide bonds. The van der Waals surface area contributed by atoms with Gasteiger partial charge in [-0.1, -0.05) is 35.3 Å². The zero-order valence-corrected chi connectivity index (χ0v) is 13.4. The summed E-state index contributed by atoms with van der Waals surface area (Å²) in [6, 6.07) is 7.53. The van der Waals surface area contributed by atoms with Crippen LogP contribution in [0.1, 0.15) is 5.56 Å². The van der Waals surface area contributed by atoms with Crippen LogP contribution in [0.4, 0.5) is 5.82 Å². The molecule has 0 spiro atoms. The molecular weight excluding hydrogens is 323 g/mol. The minimum absolute atomic E-state index is 0.387. The smallest absolute Gasteiger partial charge is 0.234 e.